The highest BCUT2D eigenvalue weighted by molar-refractivity contribution is 8.00. The summed E-state index contributed by atoms with van der Waals surface area (Å²) in [6.45, 7) is 1.59. The Kier molecular flexibility index (Phi) is 4.09. The van der Waals surface area contributed by atoms with E-state index in [-0.39, 0.29) is 17.6 Å². The summed E-state index contributed by atoms with van der Waals surface area (Å²) in [5, 5.41) is 11.9. The number of nitrogens with one attached hydrogen (secondary N) is 1. The fourth-order valence-corrected chi connectivity index (χ4v) is 2.58. The maximum Gasteiger partial charge on any atom is 0.329 e. The van der Waals surface area contributed by atoms with Crippen molar-refractivity contribution in [3.63, 3.8) is 0 Å². The molecule has 0 bridgehead atoms. The van der Waals surface area contributed by atoms with Gasteiger partial charge in [-0.3, -0.25) is 9.78 Å². The maximum absolute atomic E-state index is 11.9. The predicted octanol–water partition coefficient (Wildman–Crippen LogP) is 1.54. The summed E-state index contributed by atoms with van der Waals surface area (Å²) in [7, 11) is 0. The Morgan fingerprint density at radius 1 is 1.47 bits per heavy atom. The third-order valence-corrected chi connectivity index (χ3v) is 4.27. The highest BCUT2D eigenvalue weighted by Gasteiger charge is 2.48. The summed E-state index contributed by atoms with van der Waals surface area (Å²) in [4.78, 5) is 28.0. The van der Waals surface area contributed by atoms with E-state index in [0.29, 0.717) is 0 Å². The van der Waals surface area contributed by atoms with Gasteiger partial charge in [0.1, 0.15) is 5.54 Å². The molecular formula is C13H16N2O3S. The molecule has 102 valence electrons. The Bertz CT molecular complexity index is 476. The topological polar surface area (TPSA) is 79.3 Å². The van der Waals surface area contributed by atoms with E-state index in [1.807, 2.05) is 12.1 Å². The Balaban J connectivity index is 1.88. The van der Waals surface area contributed by atoms with Crippen molar-refractivity contribution >= 4 is 23.6 Å². The predicted molar refractivity (Wildman–Crippen MR) is 71.9 cm³/mol. The Hall–Kier alpha value is -1.56. The van der Waals surface area contributed by atoms with Crippen molar-refractivity contribution in [3.8, 4) is 0 Å². The van der Waals surface area contributed by atoms with Crippen LogP contribution in [0.1, 0.15) is 19.8 Å². The van der Waals surface area contributed by atoms with Crippen LogP contribution >= 0.6 is 11.8 Å². The van der Waals surface area contributed by atoms with Crippen molar-refractivity contribution in [1.82, 2.24) is 10.3 Å². The maximum atomic E-state index is 11.9. The molecule has 6 heteroatoms. The lowest BCUT2D eigenvalue weighted by atomic mass is 9.96. The van der Waals surface area contributed by atoms with Gasteiger partial charge in [-0.15, -0.1) is 11.8 Å². The quantitative estimate of drug-likeness (QED) is 0.773. The largest absolute Gasteiger partial charge is 0.480 e. The van der Waals surface area contributed by atoms with Gasteiger partial charge in [0.05, 0.1) is 5.75 Å². The fourth-order valence-electron chi connectivity index (χ4n) is 1.90. The molecule has 1 atom stereocenters. The zero-order valence-electron chi connectivity index (χ0n) is 10.6. The summed E-state index contributed by atoms with van der Waals surface area (Å²) in [6.07, 6.45) is 5.04. The van der Waals surface area contributed by atoms with Gasteiger partial charge in [-0.1, -0.05) is 0 Å². The Morgan fingerprint density at radius 2 is 2.11 bits per heavy atom. The van der Waals surface area contributed by atoms with Crippen LogP contribution in [0.15, 0.2) is 29.4 Å². The van der Waals surface area contributed by atoms with Crippen LogP contribution in [0.5, 0.6) is 0 Å². The number of hydrogen-bond donors (Lipinski definition) is 2. The fraction of sp³-hybridized carbons (Fsp3) is 0.462. The Labute approximate surface area is 115 Å². The lowest BCUT2D eigenvalue weighted by Gasteiger charge is -2.26. The summed E-state index contributed by atoms with van der Waals surface area (Å²) < 4.78 is 0. The summed E-state index contributed by atoms with van der Waals surface area (Å²) >= 11 is 1.37. The van der Waals surface area contributed by atoms with Crippen LogP contribution in [0.2, 0.25) is 0 Å². The molecule has 1 saturated carbocycles. The smallest absolute Gasteiger partial charge is 0.329 e. The van der Waals surface area contributed by atoms with Crippen LogP contribution < -0.4 is 5.32 Å². The zero-order chi connectivity index (χ0) is 13.9. The highest BCUT2D eigenvalue weighted by Crippen LogP contribution is 2.39. The molecular weight excluding hydrogens is 264 g/mol. The van der Waals surface area contributed by atoms with E-state index in [0.717, 1.165) is 17.7 Å². The van der Waals surface area contributed by atoms with Crippen LogP contribution in [-0.2, 0) is 9.59 Å². The number of carboxylic acid groups (broad SMARTS) is 1. The number of nitrogens with zero attached hydrogens (tertiary/aromatic N) is 1. The van der Waals surface area contributed by atoms with Crippen LogP contribution in [-0.4, -0.2) is 33.3 Å². The minimum absolute atomic E-state index is 0.0554. The Morgan fingerprint density at radius 3 is 2.63 bits per heavy atom. The van der Waals surface area contributed by atoms with E-state index in [2.05, 4.69) is 10.3 Å². The number of carboxylic acids is 1. The van der Waals surface area contributed by atoms with E-state index >= 15 is 0 Å². The SMILES string of the molecule is CC(NC(=O)CSc1ccncc1)(C(=O)O)C1CC1. The second-order valence-electron chi connectivity index (χ2n) is 4.80. The van der Waals surface area contributed by atoms with Crippen LogP contribution in [0.4, 0.5) is 0 Å². The van der Waals surface area contributed by atoms with Crippen LogP contribution in [0.3, 0.4) is 0 Å². The molecule has 1 aromatic heterocycles. The number of carbonyl (C=O) groups excluding carboxylic acids is 1. The molecule has 1 fully saturated rings. The standard InChI is InChI=1S/C13H16N2O3S/c1-13(12(17)18,9-2-3-9)15-11(16)8-19-10-4-6-14-7-5-10/h4-7,9H,2-3,8H2,1H3,(H,15,16)(H,17,18). The molecule has 1 aliphatic carbocycles. The van der Waals surface area contributed by atoms with Gasteiger partial charge in [0, 0.05) is 17.3 Å². The minimum atomic E-state index is -1.13. The molecule has 1 amide bonds. The van der Waals surface area contributed by atoms with Crippen molar-refractivity contribution < 1.29 is 14.7 Å². The number of thioether (sulfide) groups is 1. The normalized spacial score (nSPS) is 17.5. The molecule has 2 N–H and O–H groups in total. The van der Waals surface area contributed by atoms with Gasteiger partial charge in [-0.2, -0.15) is 0 Å². The first-order valence-corrected chi connectivity index (χ1v) is 7.08. The number of aliphatic carboxylic acids is 1. The van der Waals surface area contributed by atoms with Gasteiger partial charge in [0.25, 0.3) is 0 Å². The molecule has 0 saturated heterocycles. The summed E-state index contributed by atoms with van der Waals surface area (Å²) in [5.74, 6) is -0.949. The molecule has 1 aliphatic rings. The van der Waals surface area contributed by atoms with Crippen molar-refractivity contribution in [2.75, 3.05) is 5.75 Å². The van der Waals surface area contributed by atoms with Gasteiger partial charge in [-0.25, -0.2) is 4.79 Å². The van der Waals surface area contributed by atoms with E-state index in [1.54, 1.807) is 19.3 Å². The second kappa shape index (κ2) is 5.61. The van der Waals surface area contributed by atoms with E-state index in [4.69, 9.17) is 0 Å². The molecule has 2 rings (SSSR count). The number of aromatic nitrogens is 1. The summed E-state index contributed by atoms with van der Waals surface area (Å²) in [5.41, 5.74) is -1.13. The number of hydrogen-bond acceptors (Lipinski definition) is 4. The number of carbonyl (C=O) groups is 2. The van der Waals surface area contributed by atoms with Gasteiger partial charge < -0.3 is 10.4 Å². The molecule has 0 radical (unpaired) electrons. The molecule has 0 aliphatic heterocycles. The molecule has 0 spiro atoms. The lowest BCUT2D eigenvalue weighted by Crippen LogP contribution is -2.54. The third kappa shape index (κ3) is 3.47. The summed E-state index contributed by atoms with van der Waals surface area (Å²) in [6, 6.07) is 3.63. The molecule has 1 aromatic rings. The highest BCUT2D eigenvalue weighted by atomic mass is 32.2. The molecule has 1 heterocycles. The van der Waals surface area contributed by atoms with E-state index < -0.39 is 11.5 Å². The van der Waals surface area contributed by atoms with Crippen LogP contribution in [0, 0.1) is 5.92 Å². The number of pyridine rings is 1. The molecule has 1 unspecified atom stereocenters. The van der Waals surface area contributed by atoms with Gasteiger partial charge >= 0.3 is 5.97 Å². The van der Waals surface area contributed by atoms with Gasteiger partial charge in [0.15, 0.2) is 0 Å². The van der Waals surface area contributed by atoms with Crippen molar-refractivity contribution in [1.29, 1.82) is 0 Å². The molecule has 0 aromatic carbocycles. The van der Waals surface area contributed by atoms with Gasteiger partial charge in [-0.05, 0) is 37.8 Å². The minimum Gasteiger partial charge on any atom is -0.480 e. The van der Waals surface area contributed by atoms with E-state index in [9.17, 15) is 14.7 Å². The van der Waals surface area contributed by atoms with E-state index in [1.165, 1.54) is 11.8 Å². The zero-order valence-corrected chi connectivity index (χ0v) is 11.4. The lowest BCUT2D eigenvalue weighted by molar-refractivity contribution is -0.147. The average molecular weight is 280 g/mol. The van der Waals surface area contributed by atoms with Crippen molar-refractivity contribution in [2.24, 2.45) is 5.92 Å². The first kappa shape index (κ1) is 13.9. The van der Waals surface area contributed by atoms with Crippen molar-refractivity contribution in [3.05, 3.63) is 24.5 Å². The molecule has 5 nitrogen and oxygen atoms in total. The van der Waals surface area contributed by atoms with Crippen LogP contribution in [0.25, 0.3) is 0 Å². The van der Waals surface area contributed by atoms with Crippen molar-refractivity contribution in [2.45, 2.75) is 30.2 Å². The monoisotopic (exact) mass is 280 g/mol. The average Bonchev–Trinajstić information content (AvgIpc) is 3.22. The molecule has 19 heavy (non-hydrogen) atoms. The number of amides is 1. The second-order valence-corrected chi connectivity index (χ2v) is 5.85. The first-order valence-electron chi connectivity index (χ1n) is 6.09. The third-order valence-electron chi connectivity index (χ3n) is 3.26. The van der Waals surface area contributed by atoms with Gasteiger partial charge in [0.2, 0.25) is 5.91 Å². The number of rotatable bonds is 6. The first-order chi connectivity index (χ1) is 9.02.